The lowest BCUT2D eigenvalue weighted by Gasteiger charge is -2.12. The Kier molecular flexibility index (Phi) is 5.05. The van der Waals surface area contributed by atoms with Crippen molar-refractivity contribution in [2.45, 2.75) is 5.92 Å². The van der Waals surface area contributed by atoms with Crippen molar-refractivity contribution < 1.29 is 28.6 Å². The molecule has 19 heavy (non-hydrogen) atoms. The Morgan fingerprint density at radius 2 is 1.32 bits per heavy atom. The van der Waals surface area contributed by atoms with Crippen LogP contribution in [0.1, 0.15) is 21.8 Å². The highest BCUT2D eigenvalue weighted by Crippen LogP contribution is 2.20. The SMILES string of the molecule is COC(=O)c1ccc(C(C(=O)OC)C(=O)OC)cc1. The van der Waals surface area contributed by atoms with E-state index >= 15 is 0 Å². The predicted molar refractivity (Wildman–Crippen MR) is 64.6 cm³/mol. The largest absolute Gasteiger partial charge is 0.468 e. The Morgan fingerprint density at radius 1 is 0.842 bits per heavy atom. The third kappa shape index (κ3) is 3.31. The molecule has 0 N–H and O–H groups in total. The van der Waals surface area contributed by atoms with Crippen LogP contribution in [0.4, 0.5) is 0 Å². The van der Waals surface area contributed by atoms with Gasteiger partial charge < -0.3 is 14.2 Å². The van der Waals surface area contributed by atoms with Gasteiger partial charge in [0.1, 0.15) is 0 Å². The Morgan fingerprint density at radius 3 is 1.68 bits per heavy atom. The van der Waals surface area contributed by atoms with Crippen molar-refractivity contribution in [2.75, 3.05) is 21.3 Å². The molecule has 0 unspecified atom stereocenters. The highest BCUT2D eigenvalue weighted by atomic mass is 16.5. The van der Waals surface area contributed by atoms with Gasteiger partial charge in [-0.25, -0.2) is 4.79 Å². The minimum Gasteiger partial charge on any atom is -0.468 e. The zero-order valence-corrected chi connectivity index (χ0v) is 10.8. The number of hydrogen-bond donors (Lipinski definition) is 0. The van der Waals surface area contributed by atoms with Crippen LogP contribution in [0.5, 0.6) is 0 Å². The summed E-state index contributed by atoms with van der Waals surface area (Å²) in [5.41, 5.74) is 0.700. The average Bonchev–Trinajstić information content (AvgIpc) is 2.46. The Hall–Kier alpha value is -2.37. The van der Waals surface area contributed by atoms with E-state index in [9.17, 15) is 14.4 Å². The highest BCUT2D eigenvalue weighted by Gasteiger charge is 2.30. The first kappa shape index (κ1) is 14.7. The van der Waals surface area contributed by atoms with Gasteiger partial charge in [-0.2, -0.15) is 0 Å². The molecule has 0 saturated carbocycles. The summed E-state index contributed by atoms with van der Waals surface area (Å²) in [6.07, 6.45) is 0. The first-order chi connectivity index (χ1) is 9.04. The van der Waals surface area contributed by atoms with Gasteiger partial charge >= 0.3 is 17.9 Å². The molecule has 0 aliphatic carbocycles. The molecule has 0 aliphatic rings. The number of carbonyl (C=O) groups is 3. The van der Waals surface area contributed by atoms with Gasteiger partial charge in [-0.15, -0.1) is 0 Å². The molecule has 102 valence electrons. The average molecular weight is 266 g/mol. The second-order valence-corrected chi connectivity index (χ2v) is 3.59. The Balaban J connectivity index is 3.07. The first-order valence-corrected chi connectivity index (χ1v) is 5.39. The first-order valence-electron chi connectivity index (χ1n) is 5.39. The molecule has 0 aromatic heterocycles. The monoisotopic (exact) mass is 266 g/mol. The fourth-order valence-corrected chi connectivity index (χ4v) is 1.53. The van der Waals surface area contributed by atoms with E-state index in [2.05, 4.69) is 14.2 Å². The van der Waals surface area contributed by atoms with E-state index in [4.69, 9.17) is 0 Å². The second kappa shape index (κ2) is 6.53. The number of rotatable bonds is 4. The van der Waals surface area contributed by atoms with Crippen molar-refractivity contribution in [2.24, 2.45) is 0 Å². The minimum atomic E-state index is -1.17. The van der Waals surface area contributed by atoms with Crippen LogP contribution in [-0.4, -0.2) is 39.2 Å². The lowest BCUT2D eigenvalue weighted by Crippen LogP contribution is -2.24. The van der Waals surface area contributed by atoms with Crippen molar-refractivity contribution in [3.8, 4) is 0 Å². The molecule has 0 spiro atoms. The molecule has 1 rings (SSSR count). The number of esters is 3. The smallest absolute Gasteiger partial charge is 0.337 e. The van der Waals surface area contributed by atoms with Gasteiger partial charge in [0.2, 0.25) is 0 Å². The van der Waals surface area contributed by atoms with Crippen LogP contribution in [0.3, 0.4) is 0 Å². The molecule has 0 radical (unpaired) electrons. The van der Waals surface area contributed by atoms with Gasteiger partial charge in [0.05, 0.1) is 26.9 Å². The maximum atomic E-state index is 11.6. The van der Waals surface area contributed by atoms with Crippen molar-refractivity contribution in [1.29, 1.82) is 0 Å². The quantitative estimate of drug-likeness (QED) is 0.457. The standard InChI is InChI=1S/C13H14O6/c1-17-11(14)9-6-4-8(5-7-9)10(12(15)18-2)13(16)19-3/h4-7,10H,1-3H3. The minimum absolute atomic E-state index is 0.319. The summed E-state index contributed by atoms with van der Waals surface area (Å²) in [7, 11) is 3.63. The summed E-state index contributed by atoms with van der Waals surface area (Å²) in [4.78, 5) is 34.4. The van der Waals surface area contributed by atoms with Crippen LogP contribution >= 0.6 is 0 Å². The topological polar surface area (TPSA) is 78.9 Å². The van der Waals surface area contributed by atoms with Gasteiger partial charge in [0.25, 0.3) is 0 Å². The molecular weight excluding hydrogens is 252 g/mol. The van der Waals surface area contributed by atoms with E-state index < -0.39 is 23.8 Å². The van der Waals surface area contributed by atoms with Crippen molar-refractivity contribution in [3.05, 3.63) is 35.4 Å². The fourth-order valence-electron chi connectivity index (χ4n) is 1.53. The molecule has 0 fully saturated rings. The predicted octanol–water partition coefficient (Wildman–Crippen LogP) is 0.903. The van der Waals surface area contributed by atoms with E-state index in [-0.39, 0.29) is 0 Å². The number of hydrogen-bond acceptors (Lipinski definition) is 6. The van der Waals surface area contributed by atoms with E-state index in [0.29, 0.717) is 11.1 Å². The van der Waals surface area contributed by atoms with E-state index in [1.165, 1.54) is 45.6 Å². The third-order valence-electron chi connectivity index (χ3n) is 2.54. The lowest BCUT2D eigenvalue weighted by atomic mass is 9.98. The molecule has 1 aromatic carbocycles. The number of methoxy groups -OCH3 is 3. The molecule has 6 nitrogen and oxygen atoms in total. The molecule has 1 aromatic rings. The van der Waals surface area contributed by atoms with Gasteiger partial charge in [0, 0.05) is 0 Å². The third-order valence-corrected chi connectivity index (χ3v) is 2.54. The molecule has 6 heteroatoms. The molecule has 0 aliphatic heterocycles. The van der Waals surface area contributed by atoms with Crippen molar-refractivity contribution in [3.63, 3.8) is 0 Å². The van der Waals surface area contributed by atoms with Crippen LogP contribution in [0.25, 0.3) is 0 Å². The van der Waals surface area contributed by atoms with Crippen LogP contribution in [0, 0.1) is 0 Å². The summed E-state index contributed by atoms with van der Waals surface area (Å²) in [6, 6.07) is 5.87. The van der Waals surface area contributed by atoms with E-state index in [0.717, 1.165) is 0 Å². The maximum absolute atomic E-state index is 11.6. The summed E-state index contributed by atoms with van der Waals surface area (Å²) < 4.78 is 13.7. The molecular formula is C13H14O6. The normalized spacial score (nSPS) is 9.89. The van der Waals surface area contributed by atoms with Crippen molar-refractivity contribution >= 4 is 17.9 Å². The number of ether oxygens (including phenoxy) is 3. The van der Waals surface area contributed by atoms with Gasteiger partial charge in [0.15, 0.2) is 5.92 Å². The summed E-state index contributed by atoms with van der Waals surface area (Å²) >= 11 is 0. The molecule has 0 heterocycles. The van der Waals surface area contributed by atoms with Crippen LogP contribution < -0.4 is 0 Å². The van der Waals surface area contributed by atoms with Gasteiger partial charge in [-0.05, 0) is 17.7 Å². The Labute approximate surface area is 110 Å². The van der Waals surface area contributed by atoms with Crippen LogP contribution in [0.15, 0.2) is 24.3 Å². The summed E-state index contributed by atoms with van der Waals surface area (Å²) in [5, 5.41) is 0. The fraction of sp³-hybridized carbons (Fsp3) is 0.308. The summed E-state index contributed by atoms with van der Waals surface area (Å²) in [6.45, 7) is 0. The molecule has 0 bridgehead atoms. The second-order valence-electron chi connectivity index (χ2n) is 3.59. The van der Waals surface area contributed by atoms with E-state index in [1.807, 2.05) is 0 Å². The Bertz CT molecular complexity index is 460. The molecule has 0 atom stereocenters. The lowest BCUT2D eigenvalue weighted by molar-refractivity contribution is -0.154. The summed E-state index contributed by atoms with van der Waals surface area (Å²) in [5.74, 6) is -3.11. The van der Waals surface area contributed by atoms with E-state index in [1.54, 1.807) is 0 Å². The van der Waals surface area contributed by atoms with Crippen molar-refractivity contribution in [1.82, 2.24) is 0 Å². The molecule has 0 amide bonds. The zero-order chi connectivity index (χ0) is 14.4. The highest BCUT2D eigenvalue weighted by molar-refractivity contribution is 6.01. The van der Waals surface area contributed by atoms with Gasteiger partial charge in [-0.3, -0.25) is 9.59 Å². The maximum Gasteiger partial charge on any atom is 0.337 e. The van der Waals surface area contributed by atoms with Crippen LogP contribution in [0.2, 0.25) is 0 Å². The van der Waals surface area contributed by atoms with Crippen LogP contribution in [-0.2, 0) is 23.8 Å². The number of benzene rings is 1. The molecule has 0 saturated heterocycles. The van der Waals surface area contributed by atoms with Gasteiger partial charge in [-0.1, -0.05) is 12.1 Å². The zero-order valence-electron chi connectivity index (χ0n) is 10.8. The number of carbonyl (C=O) groups excluding carboxylic acids is 3.